The van der Waals surface area contributed by atoms with Gasteiger partial charge in [0.05, 0.1) is 7.11 Å². The molecule has 0 saturated heterocycles. The molecular formula is C9H8N2O2. The Kier molecular flexibility index (Phi) is 1.73. The lowest BCUT2D eigenvalue weighted by Gasteiger charge is -2.01. The van der Waals surface area contributed by atoms with Crippen molar-refractivity contribution in [3.63, 3.8) is 0 Å². The van der Waals surface area contributed by atoms with Crippen LogP contribution in [-0.4, -0.2) is 22.8 Å². The van der Waals surface area contributed by atoms with E-state index in [2.05, 4.69) is 4.98 Å². The minimum absolute atomic E-state index is 0.407. The lowest BCUT2D eigenvalue weighted by Crippen LogP contribution is -1.91. The summed E-state index contributed by atoms with van der Waals surface area (Å²) in [5, 5.41) is 0. The zero-order chi connectivity index (χ0) is 9.26. The molecule has 4 nitrogen and oxygen atoms in total. The summed E-state index contributed by atoms with van der Waals surface area (Å²) < 4.78 is 6.82. The van der Waals surface area contributed by atoms with Crippen molar-refractivity contribution >= 4 is 11.9 Å². The maximum Gasteiger partial charge on any atom is 0.198 e. The van der Waals surface area contributed by atoms with E-state index in [1.165, 1.54) is 0 Å². The Morgan fingerprint density at radius 2 is 2.38 bits per heavy atom. The van der Waals surface area contributed by atoms with Gasteiger partial charge in [0.2, 0.25) is 0 Å². The number of aromatic nitrogens is 2. The lowest BCUT2D eigenvalue weighted by molar-refractivity contribution is 0.111. The van der Waals surface area contributed by atoms with Gasteiger partial charge in [-0.15, -0.1) is 0 Å². The normalized spacial score (nSPS) is 10.2. The summed E-state index contributed by atoms with van der Waals surface area (Å²) >= 11 is 0. The molecule has 0 bridgehead atoms. The van der Waals surface area contributed by atoms with E-state index in [4.69, 9.17) is 4.74 Å². The van der Waals surface area contributed by atoms with Gasteiger partial charge in [0, 0.05) is 6.20 Å². The van der Waals surface area contributed by atoms with E-state index < -0.39 is 0 Å². The fourth-order valence-electron chi connectivity index (χ4n) is 1.23. The molecule has 2 aromatic heterocycles. The molecular weight excluding hydrogens is 168 g/mol. The number of methoxy groups -OCH3 is 1. The molecule has 2 aromatic rings. The van der Waals surface area contributed by atoms with Crippen molar-refractivity contribution in [3.05, 3.63) is 30.1 Å². The number of imidazole rings is 1. The quantitative estimate of drug-likeness (QED) is 0.645. The molecule has 0 N–H and O–H groups in total. The molecule has 0 amide bonds. The third-order valence-electron chi connectivity index (χ3n) is 1.80. The van der Waals surface area contributed by atoms with Crippen molar-refractivity contribution in [3.8, 4) is 5.88 Å². The van der Waals surface area contributed by atoms with E-state index in [0.717, 1.165) is 0 Å². The lowest BCUT2D eigenvalue weighted by atomic mass is 10.4. The van der Waals surface area contributed by atoms with Gasteiger partial charge in [-0.3, -0.25) is 9.20 Å². The van der Waals surface area contributed by atoms with Crippen molar-refractivity contribution in [1.82, 2.24) is 9.38 Å². The second-order valence-corrected chi connectivity index (χ2v) is 2.58. The first-order chi connectivity index (χ1) is 6.35. The van der Waals surface area contributed by atoms with Gasteiger partial charge in [-0.25, -0.2) is 4.98 Å². The SMILES string of the molecule is COc1cccc2nc(C=O)cn12. The minimum atomic E-state index is 0.407. The Morgan fingerprint density at radius 3 is 3.08 bits per heavy atom. The number of nitrogens with zero attached hydrogens (tertiary/aromatic N) is 2. The van der Waals surface area contributed by atoms with E-state index in [9.17, 15) is 4.79 Å². The van der Waals surface area contributed by atoms with E-state index in [1.807, 2.05) is 18.2 Å². The number of carbonyl (C=O) groups excluding carboxylic acids is 1. The van der Waals surface area contributed by atoms with Crippen LogP contribution in [0.25, 0.3) is 5.65 Å². The largest absolute Gasteiger partial charge is 0.482 e. The Bertz CT molecular complexity index is 448. The minimum Gasteiger partial charge on any atom is -0.482 e. The van der Waals surface area contributed by atoms with Gasteiger partial charge in [-0.1, -0.05) is 6.07 Å². The van der Waals surface area contributed by atoms with E-state index in [0.29, 0.717) is 23.5 Å². The van der Waals surface area contributed by atoms with Crippen LogP contribution in [0.15, 0.2) is 24.4 Å². The number of fused-ring (bicyclic) bond motifs is 1. The summed E-state index contributed by atoms with van der Waals surface area (Å²) in [6, 6.07) is 5.45. The number of carbonyl (C=O) groups is 1. The number of aldehydes is 1. The number of ether oxygens (including phenoxy) is 1. The average Bonchev–Trinajstić information content (AvgIpc) is 2.59. The van der Waals surface area contributed by atoms with Gasteiger partial charge >= 0.3 is 0 Å². The van der Waals surface area contributed by atoms with Gasteiger partial charge in [0.15, 0.2) is 12.2 Å². The molecule has 0 aliphatic rings. The molecule has 0 unspecified atom stereocenters. The predicted molar refractivity (Wildman–Crippen MR) is 47.1 cm³/mol. The molecule has 2 heterocycles. The number of hydrogen-bond donors (Lipinski definition) is 0. The first kappa shape index (κ1) is 7.79. The monoisotopic (exact) mass is 176 g/mol. The van der Waals surface area contributed by atoms with Crippen LogP contribution in [0.1, 0.15) is 10.5 Å². The highest BCUT2D eigenvalue weighted by molar-refractivity contribution is 5.73. The van der Waals surface area contributed by atoms with Gasteiger partial charge in [0.25, 0.3) is 0 Å². The molecule has 0 fully saturated rings. The van der Waals surface area contributed by atoms with E-state index in [-0.39, 0.29) is 0 Å². The van der Waals surface area contributed by atoms with Gasteiger partial charge < -0.3 is 4.74 Å². The Labute approximate surface area is 74.8 Å². The predicted octanol–water partition coefficient (Wildman–Crippen LogP) is 1.16. The van der Waals surface area contributed by atoms with Gasteiger partial charge in [0.1, 0.15) is 11.3 Å². The zero-order valence-electron chi connectivity index (χ0n) is 7.10. The molecule has 0 atom stereocenters. The summed E-state index contributed by atoms with van der Waals surface area (Å²) in [5.74, 6) is 0.665. The van der Waals surface area contributed by atoms with Crippen LogP contribution in [0.4, 0.5) is 0 Å². The van der Waals surface area contributed by atoms with Crippen molar-refractivity contribution in [2.45, 2.75) is 0 Å². The average molecular weight is 176 g/mol. The molecule has 0 spiro atoms. The summed E-state index contributed by atoms with van der Waals surface area (Å²) in [5.41, 5.74) is 1.12. The Balaban J connectivity index is 2.74. The molecule has 0 aliphatic carbocycles. The van der Waals surface area contributed by atoms with Crippen LogP contribution in [0, 0.1) is 0 Å². The molecule has 66 valence electrons. The highest BCUT2D eigenvalue weighted by Gasteiger charge is 2.03. The van der Waals surface area contributed by atoms with Gasteiger partial charge in [-0.2, -0.15) is 0 Å². The number of hydrogen-bond acceptors (Lipinski definition) is 3. The highest BCUT2D eigenvalue weighted by atomic mass is 16.5. The number of pyridine rings is 1. The van der Waals surface area contributed by atoms with Crippen LogP contribution in [0.5, 0.6) is 5.88 Å². The molecule has 0 saturated carbocycles. The molecule has 4 heteroatoms. The van der Waals surface area contributed by atoms with Crippen molar-refractivity contribution in [1.29, 1.82) is 0 Å². The van der Waals surface area contributed by atoms with Crippen LogP contribution < -0.4 is 4.74 Å². The van der Waals surface area contributed by atoms with Crippen LogP contribution in [-0.2, 0) is 0 Å². The molecule has 0 aliphatic heterocycles. The van der Waals surface area contributed by atoms with Crippen LogP contribution in [0.2, 0.25) is 0 Å². The van der Waals surface area contributed by atoms with Crippen molar-refractivity contribution in [2.75, 3.05) is 7.11 Å². The van der Waals surface area contributed by atoms with Crippen LogP contribution >= 0.6 is 0 Å². The van der Waals surface area contributed by atoms with Gasteiger partial charge in [-0.05, 0) is 12.1 Å². The van der Waals surface area contributed by atoms with E-state index in [1.54, 1.807) is 17.7 Å². The summed E-state index contributed by atoms with van der Waals surface area (Å²) in [7, 11) is 1.58. The Hall–Kier alpha value is -1.84. The summed E-state index contributed by atoms with van der Waals surface area (Å²) in [6.07, 6.45) is 2.35. The third-order valence-corrected chi connectivity index (χ3v) is 1.80. The standard InChI is InChI=1S/C9H8N2O2/c1-13-9-4-2-3-8-10-7(6-12)5-11(8)9/h2-6H,1H3. The summed E-state index contributed by atoms with van der Waals surface area (Å²) in [6.45, 7) is 0. The second kappa shape index (κ2) is 2.90. The van der Waals surface area contributed by atoms with Crippen LogP contribution in [0.3, 0.4) is 0 Å². The maximum absolute atomic E-state index is 10.5. The molecule has 0 radical (unpaired) electrons. The topological polar surface area (TPSA) is 43.6 Å². The first-order valence-corrected chi connectivity index (χ1v) is 3.82. The van der Waals surface area contributed by atoms with Crippen molar-refractivity contribution in [2.24, 2.45) is 0 Å². The zero-order valence-corrected chi connectivity index (χ0v) is 7.10. The molecule has 13 heavy (non-hydrogen) atoms. The third kappa shape index (κ3) is 1.16. The second-order valence-electron chi connectivity index (χ2n) is 2.58. The van der Waals surface area contributed by atoms with E-state index >= 15 is 0 Å². The maximum atomic E-state index is 10.5. The van der Waals surface area contributed by atoms with Crippen molar-refractivity contribution < 1.29 is 9.53 Å². The molecule has 0 aromatic carbocycles. The fraction of sp³-hybridized carbons (Fsp3) is 0.111. The highest BCUT2D eigenvalue weighted by Crippen LogP contribution is 2.13. The Morgan fingerprint density at radius 1 is 1.54 bits per heavy atom. The fourth-order valence-corrected chi connectivity index (χ4v) is 1.23. The smallest absolute Gasteiger partial charge is 0.198 e. The molecule has 2 rings (SSSR count). The first-order valence-electron chi connectivity index (χ1n) is 3.82. The summed E-state index contributed by atoms with van der Waals surface area (Å²) in [4.78, 5) is 14.5. The number of rotatable bonds is 2.